The Morgan fingerprint density at radius 3 is 1.26 bits per heavy atom. The van der Waals surface area contributed by atoms with Crippen LogP contribution in [0.2, 0.25) is 0 Å². The molecule has 0 aliphatic heterocycles. The molecule has 0 aromatic heterocycles. The first-order valence-electron chi connectivity index (χ1n) is 9.00. The van der Waals surface area contributed by atoms with Crippen molar-refractivity contribution in [2.24, 2.45) is 0 Å². The molecule has 13 heteroatoms. The second-order valence-corrected chi connectivity index (χ2v) is 10.2. The minimum atomic E-state index is -4.42. The number of aromatic hydroxyl groups is 2. The summed E-state index contributed by atoms with van der Waals surface area (Å²) in [6.07, 6.45) is -1.16. The second-order valence-electron chi connectivity index (χ2n) is 6.97. The maximum Gasteiger partial charge on any atom is 2.00 e. The summed E-state index contributed by atoms with van der Waals surface area (Å²) >= 11 is 0. The SMILES string of the molecule is O=P(O)(O)CN(CCN(Cc1ccccc1O)CP(=O)(O)O)Cc1ccccc1O.[Fe+2]. The van der Waals surface area contributed by atoms with Crippen molar-refractivity contribution in [3.05, 3.63) is 59.7 Å². The van der Waals surface area contributed by atoms with Gasteiger partial charge < -0.3 is 29.8 Å². The van der Waals surface area contributed by atoms with Crippen LogP contribution in [0, 0.1) is 0 Å². The van der Waals surface area contributed by atoms with Crippen LogP contribution < -0.4 is 0 Å². The molecular formula is C18H26FeN2O8P2+2. The van der Waals surface area contributed by atoms with Crippen LogP contribution in [0.25, 0.3) is 0 Å². The molecule has 0 bridgehead atoms. The molecule has 10 nitrogen and oxygen atoms in total. The molecule has 0 spiro atoms. The molecule has 0 aliphatic carbocycles. The first-order chi connectivity index (χ1) is 13.9. The number of hydrogen-bond acceptors (Lipinski definition) is 6. The zero-order chi connectivity index (χ0) is 22.4. The predicted molar refractivity (Wildman–Crippen MR) is 111 cm³/mol. The third-order valence-electron chi connectivity index (χ3n) is 4.27. The van der Waals surface area contributed by atoms with E-state index in [4.69, 9.17) is 0 Å². The van der Waals surface area contributed by atoms with Gasteiger partial charge in [-0.2, -0.15) is 0 Å². The van der Waals surface area contributed by atoms with Crippen molar-refractivity contribution in [1.29, 1.82) is 0 Å². The number of phenols is 2. The second kappa shape index (κ2) is 12.1. The van der Waals surface area contributed by atoms with Crippen LogP contribution in [0.4, 0.5) is 0 Å². The maximum atomic E-state index is 11.5. The van der Waals surface area contributed by atoms with Crippen molar-refractivity contribution >= 4 is 15.2 Å². The Morgan fingerprint density at radius 1 is 0.645 bits per heavy atom. The van der Waals surface area contributed by atoms with Crippen LogP contribution in [-0.4, -0.2) is 65.2 Å². The standard InChI is InChI=1S/C18H26N2O8P2.Fe/c21-17-7-3-1-5-15(17)11-19(13-29(23,24)25)9-10-20(14-30(26,27)28)12-16-6-2-4-8-18(16)22;/h1-8,21-22H,9-14H2,(H2,23,24,25)(H2,26,27,28);/q;+2. The average molecular weight is 516 g/mol. The fraction of sp³-hybridized carbons (Fsp3) is 0.333. The van der Waals surface area contributed by atoms with E-state index in [1.807, 2.05) is 0 Å². The average Bonchev–Trinajstić information content (AvgIpc) is 2.61. The third-order valence-corrected chi connectivity index (χ3v) is 5.81. The van der Waals surface area contributed by atoms with E-state index in [1.54, 1.807) is 36.4 Å². The molecule has 0 fully saturated rings. The molecule has 6 N–H and O–H groups in total. The first kappa shape index (κ1) is 27.8. The summed E-state index contributed by atoms with van der Waals surface area (Å²) in [6, 6.07) is 12.8. The summed E-state index contributed by atoms with van der Waals surface area (Å²) < 4.78 is 23.1. The third kappa shape index (κ3) is 10.8. The van der Waals surface area contributed by atoms with Gasteiger partial charge in [0.1, 0.15) is 24.1 Å². The summed E-state index contributed by atoms with van der Waals surface area (Å²) in [5, 5.41) is 19.9. The number of nitrogens with zero attached hydrogens (tertiary/aromatic N) is 2. The van der Waals surface area contributed by atoms with Crippen molar-refractivity contribution in [1.82, 2.24) is 9.80 Å². The summed E-state index contributed by atoms with van der Waals surface area (Å²) in [5.74, 6) is -0.0380. The maximum absolute atomic E-state index is 11.5. The molecule has 2 aromatic carbocycles. The fourth-order valence-corrected chi connectivity index (χ4v) is 4.50. The Balaban J connectivity index is 0.00000480. The topological polar surface area (TPSA) is 162 Å². The van der Waals surface area contributed by atoms with Crippen LogP contribution in [0.1, 0.15) is 11.1 Å². The van der Waals surface area contributed by atoms with Gasteiger partial charge in [0.25, 0.3) is 0 Å². The quantitative estimate of drug-likeness (QED) is 0.191. The normalized spacial score (nSPS) is 12.2. The van der Waals surface area contributed by atoms with Crippen LogP contribution in [0.5, 0.6) is 11.5 Å². The molecule has 2 aromatic rings. The number of benzene rings is 2. The Labute approximate surface area is 190 Å². The molecule has 0 radical (unpaired) electrons. The monoisotopic (exact) mass is 516 g/mol. The van der Waals surface area contributed by atoms with E-state index in [-0.39, 0.29) is 54.7 Å². The summed E-state index contributed by atoms with van der Waals surface area (Å²) in [6.45, 7) is 0.205. The van der Waals surface area contributed by atoms with E-state index < -0.39 is 27.8 Å². The van der Waals surface area contributed by atoms with Crippen molar-refractivity contribution < 1.29 is 56.0 Å². The molecule has 2 rings (SSSR count). The Hall–Kier alpha value is -1.22. The van der Waals surface area contributed by atoms with E-state index >= 15 is 0 Å². The van der Waals surface area contributed by atoms with E-state index in [0.717, 1.165) is 0 Å². The van der Waals surface area contributed by atoms with E-state index in [9.17, 15) is 38.9 Å². The van der Waals surface area contributed by atoms with Crippen LogP contribution in [0.3, 0.4) is 0 Å². The van der Waals surface area contributed by atoms with Crippen molar-refractivity contribution in [3.8, 4) is 11.5 Å². The molecule has 0 atom stereocenters. The molecule has 172 valence electrons. The largest absolute Gasteiger partial charge is 2.00 e. The van der Waals surface area contributed by atoms with Gasteiger partial charge in [-0.15, -0.1) is 0 Å². The van der Waals surface area contributed by atoms with Gasteiger partial charge in [-0.25, -0.2) is 0 Å². The molecule has 0 amide bonds. The van der Waals surface area contributed by atoms with Crippen LogP contribution in [0.15, 0.2) is 48.5 Å². The van der Waals surface area contributed by atoms with Gasteiger partial charge in [0, 0.05) is 37.3 Å². The van der Waals surface area contributed by atoms with Gasteiger partial charge in [0.05, 0.1) is 0 Å². The van der Waals surface area contributed by atoms with E-state index in [1.165, 1.54) is 21.9 Å². The number of rotatable bonds is 11. The number of para-hydroxylation sites is 2. The molecule has 0 unspecified atom stereocenters. The Morgan fingerprint density at radius 2 is 0.968 bits per heavy atom. The number of hydrogen-bond donors (Lipinski definition) is 6. The zero-order valence-electron chi connectivity index (χ0n) is 16.5. The van der Waals surface area contributed by atoms with Crippen molar-refractivity contribution in [2.75, 3.05) is 25.7 Å². The van der Waals surface area contributed by atoms with Gasteiger partial charge in [0.2, 0.25) is 0 Å². The zero-order valence-corrected chi connectivity index (χ0v) is 19.4. The predicted octanol–water partition coefficient (Wildman–Crippen LogP) is 1.67. The van der Waals surface area contributed by atoms with Crippen LogP contribution >= 0.6 is 15.2 Å². The van der Waals surface area contributed by atoms with Gasteiger partial charge in [-0.1, -0.05) is 36.4 Å². The minimum absolute atomic E-state index is 0. The van der Waals surface area contributed by atoms with Gasteiger partial charge >= 0.3 is 32.3 Å². The van der Waals surface area contributed by atoms with Gasteiger partial charge in [0.15, 0.2) is 0 Å². The first-order valence-corrected chi connectivity index (χ1v) is 12.6. The molecule has 0 aliphatic rings. The summed E-state index contributed by atoms with van der Waals surface area (Å²) in [4.78, 5) is 40.4. The van der Waals surface area contributed by atoms with E-state index in [2.05, 4.69) is 0 Å². The van der Waals surface area contributed by atoms with Crippen molar-refractivity contribution in [3.63, 3.8) is 0 Å². The summed E-state index contributed by atoms with van der Waals surface area (Å²) in [5.41, 5.74) is 0.932. The molecule has 0 saturated heterocycles. The molecular weight excluding hydrogens is 490 g/mol. The smallest absolute Gasteiger partial charge is 0.508 e. The Bertz CT molecular complexity index is 861. The minimum Gasteiger partial charge on any atom is -0.508 e. The van der Waals surface area contributed by atoms with E-state index in [0.29, 0.717) is 11.1 Å². The molecule has 0 saturated carbocycles. The fourth-order valence-electron chi connectivity index (χ4n) is 2.97. The van der Waals surface area contributed by atoms with Gasteiger partial charge in [-0.05, 0) is 12.1 Å². The van der Waals surface area contributed by atoms with Crippen molar-refractivity contribution in [2.45, 2.75) is 13.1 Å². The van der Waals surface area contributed by atoms with Gasteiger partial charge in [-0.3, -0.25) is 18.9 Å². The number of phenolic OH excluding ortho intramolecular Hbond substituents is 2. The Kier molecular flexibility index (Phi) is 10.9. The summed E-state index contributed by atoms with van der Waals surface area (Å²) in [7, 11) is -8.83. The molecule has 0 heterocycles. The van der Waals surface area contributed by atoms with Crippen LogP contribution in [-0.2, 0) is 39.3 Å². The molecule has 31 heavy (non-hydrogen) atoms.